The maximum absolute atomic E-state index is 13.3. The quantitative estimate of drug-likeness (QED) is 0.458. The van der Waals surface area contributed by atoms with E-state index in [0.717, 1.165) is 5.56 Å². The van der Waals surface area contributed by atoms with Gasteiger partial charge < -0.3 is 29.0 Å². The predicted octanol–water partition coefficient (Wildman–Crippen LogP) is 3.24. The maximum Gasteiger partial charge on any atom is 0.252 e. The molecule has 9 heteroatoms. The first kappa shape index (κ1) is 25.5. The van der Waals surface area contributed by atoms with Crippen molar-refractivity contribution in [1.29, 1.82) is 0 Å². The number of hydrazine groups is 1. The van der Waals surface area contributed by atoms with Gasteiger partial charge in [0.05, 0.1) is 34.0 Å². The molecule has 1 amide bonds. The number of ether oxygens (including phenoxy) is 5. The topological polar surface area (TPSA) is 99.3 Å². The van der Waals surface area contributed by atoms with E-state index in [4.69, 9.17) is 23.7 Å². The lowest BCUT2D eigenvalue weighted by atomic mass is 9.91. The van der Waals surface area contributed by atoms with Crippen LogP contribution in [0.5, 0.6) is 28.7 Å². The summed E-state index contributed by atoms with van der Waals surface area (Å²) in [7, 11) is 3.21. The van der Waals surface area contributed by atoms with Gasteiger partial charge in [-0.1, -0.05) is 6.07 Å². The maximum atomic E-state index is 13.3. The molecule has 3 atom stereocenters. The summed E-state index contributed by atoms with van der Waals surface area (Å²) in [6.45, 7) is 9.03. The van der Waals surface area contributed by atoms with Crippen molar-refractivity contribution in [2.75, 3.05) is 34.0 Å². The van der Waals surface area contributed by atoms with Gasteiger partial charge in [0.15, 0.2) is 23.0 Å². The molecule has 0 aromatic heterocycles. The molecule has 1 fully saturated rings. The molecule has 2 aromatic carbocycles. The second-order valence-corrected chi connectivity index (χ2v) is 7.77. The molecule has 1 heterocycles. The number of hydrogen-bond acceptors (Lipinski definition) is 8. The van der Waals surface area contributed by atoms with Gasteiger partial charge in [-0.25, -0.2) is 5.43 Å². The Bertz CT molecular complexity index is 956. The smallest absolute Gasteiger partial charge is 0.252 e. The highest BCUT2D eigenvalue weighted by Gasteiger charge is 2.36. The Balaban J connectivity index is 1.89. The van der Waals surface area contributed by atoms with Gasteiger partial charge in [-0.3, -0.25) is 10.2 Å². The molecule has 0 radical (unpaired) electrons. The van der Waals surface area contributed by atoms with Crippen molar-refractivity contribution in [3.8, 4) is 28.7 Å². The number of rotatable bonds is 11. The van der Waals surface area contributed by atoms with Crippen molar-refractivity contribution < 1.29 is 28.5 Å². The minimum Gasteiger partial charge on any atom is -0.493 e. The van der Waals surface area contributed by atoms with Gasteiger partial charge in [0.1, 0.15) is 6.17 Å². The first-order valence-electron chi connectivity index (χ1n) is 11.6. The van der Waals surface area contributed by atoms with Crippen LogP contribution in [0.15, 0.2) is 30.3 Å². The van der Waals surface area contributed by atoms with E-state index >= 15 is 0 Å². The summed E-state index contributed by atoms with van der Waals surface area (Å²) in [4.78, 5) is 13.3. The SMILES string of the molecule is CCOc1cc(C(=O)NC2NNC(C)C2c2ccc(OC)c(OC)c2)cc(OCC)c1OCC. The van der Waals surface area contributed by atoms with E-state index in [1.54, 1.807) is 26.4 Å². The number of benzene rings is 2. The molecule has 3 N–H and O–H groups in total. The third-order valence-electron chi connectivity index (χ3n) is 5.61. The third kappa shape index (κ3) is 5.48. The molecule has 186 valence electrons. The lowest BCUT2D eigenvalue weighted by Crippen LogP contribution is -2.46. The van der Waals surface area contributed by atoms with Gasteiger partial charge in [-0.15, -0.1) is 0 Å². The molecule has 9 nitrogen and oxygen atoms in total. The van der Waals surface area contributed by atoms with E-state index in [1.807, 2.05) is 39.0 Å². The molecule has 0 aliphatic carbocycles. The summed E-state index contributed by atoms with van der Waals surface area (Å²) in [5, 5.41) is 3.09. The van der Waals surface area contributed by atoms with Crippen LogP contribution in [0.25, 0.3) is 0 Å². The Morgan fingerprint density at radius 1 is 0.853 bits per heavy atom. The van der Waals surface area contributed by atoms with E-state index in [0.29, 0.717) is 54.1 Å². The van der Waals surface area contributed by atoms with Crippen LogP contribution in [0, 0.1) is 0 Å². The second-order valence-electron chi connectivity index (χ2n) is 7.77. The van der Waals surface area contributed by atoms with E-state index in [2.05, 4.69) is 23.1 Å². The number of nitrogens with one attached hydrogen (secondary N) is 3. The summed E-state index contributed by atoms with van der Waals surface area (Å²) in [5.74, 6) is 2.43. The van der Waals surface area contributed by atoms with Crippen LogP contribution in [0.2, 0.25) is 0 Å². The van der Waals surface area contributed by atoms with Crippen LogP contribution in [0.1, 0.15) is 49.5 Å². The molecule has 1 saturated heterocycles. The van der Waals surface area contributed by atoms with Crippen LogP contribution in [0.3, 0.4) is 0 Å². The highest BCUT2D eigenvalue weighted by Crippen LogP contribution is 2.39. The lowest BCUT2D eigenvalue weighted by molar-refractivity contribution is 0.0927. The monoisotopic (exact) mass is 473 g/mol. The normalized spacial score (nSPS) is 19.4. The Kier molecular flexibility index (Phi) is 8.84. The minimum absolute atomic E-state index is 0.0517. The highest BCUT2D eigenvalue weighted by molar-refractivity contribution is 5.96. The summed E-state index contributed by atoms with van der Waals surface area (Å²) in [6, 6.07) is 9.21. The summed E-state index contributed by atoms with van der Waals surface area (Å²) < 4.78 is 28.1. The Hall–Kier alpha value is -3.17. The standard InChI is InChI=1S/C25H35N3O6/c1-7-32-20-13-17(14-21(33-8-2)23(20)34-9-3)25(29)26-24-22(15(4)27-28-24)16-10-11-18(30-5)19(12-16)31-6/h10-15,22,24,27-28H,7-9H2,1-6H3,(H,26,29). The van der Waals surface area contributed by atoms with Crippen molar-refractivity contribution in [1.82, 2.24) is 16.2 Å². The van der Waals surface area contributed by atoms with Gasteiger partial charge in [-0.05, 0) is 57.5 Å². The molecule has 34 heavy (non-hydrogen) atoms. The average Bonchev–Trinajstić information content (AvgIpc) is 3.20. The molecule has 3 unspecified atom stereocenters. The molecule has 1 aliphatic rings. The largest absolute Gasteiger partial charge is 0.493 e. The lowest BCUT2D eigenvalue weighted by Gasteiger charge is -2.24. The fourth-order valence-electron chi connectivity index (χ4n) is 4.10. The van der Waals surface area contributed by atoms with Crippen molar-refractivity contribution in [3.05, 3.63) is 41.5 Å². The van der Waals surface area contributed by atoms with Crippen LogP contribution in [-0.2, 0) is 0 Å². The van der Waals surface area contributed by atoms with Crippen molar-refractivity contribution in [3.63, 3.8) is 0 Å². The number of methoxy groups -OCH3 is 2. The predicted molar refractivity (Wildman–Crippen MR) is 129 cm³/mol. The van der Waals surface area contributed by atoms with E-state index < -0.39 is 0 Å². The molecule has 0 bridgehead atoms. The summed E-state index contributed by atoms with van der Waals surface area (Å²) in [5.41, 5.74) is 7.84. The highest BCUT2D eigenvalue weighted by atomic mass is 16.5. The molecule has 1 aliphatic heterocycles. The van der Waals surface area contributed by atoms with Crippen LogP contribution in [-0.4, -0.2) is 52.2 Å². The first-order chi connectivity index (χ1) is 16.5. The minimum atomic E-state index is -0.363. The second kappa shape index (κ2) is 11.8. The van der Waals surface area contributed by atoms with Gasteiger partial charge in [0, 0.05) is 17.5 Å². The van der Waals surface area contributed by atoms with Crippen molar-refractivity contribution >= 4 is 5.91 Å². The summed E-state index contributed by atoms with van der Waals surface area (Å²) >= 11 is 0. The van der Waals surface area contributed by atoms with Crippen LogP contribution < -0.4 is 39.9 Å². The Morgan fingerprint density at radius 3 is 2.03 bits per heavy atom. The van der Waals surface area contributed by atoms with E-state index in [9.17, 15) is 4.79 Å². The third-order valence-corrected chi connectivity index (χ3v) is 5.61. The molecular formula is C25H35N3O6. The fraction of sp³-hybridized carbons (Fsp3) is 0.480. The fourth-order valence-corrected chi connectivity index (χ4v) is 4.10. The van der Waals surface area contributed by atoms with E-state index in [-0.39, 0.29) is 24.0 Å². The number of carbonyl (C=O) groups excluding carboxylic acids is 1. The Labute approximate surface area is 201 Å². The van der Waals surface area contributed by atoms with Gasteiger partial charge in [0.25, 0.3) is 5.91 Å². The zero-order valence-corrected chi connectivity index (χ0v) is 20.7. The van der Waals surface area contributed by atoms with Gasteiger partial charge in [0.2, 0.25) is 5.75 Å². The number of amides is 1. The van der Waals surface area contributed by atoms with Crippen LogP contribution in [0.4, 0.5) is 0 Å². The molecule has 2 aromatic rings. The zero-order valence-electron chi connectivity index (χ0n) is 20.7. The molecule has 0 spiro atoms. The summed E-state index contributed by atoms with van der Waals surface area (Å²) in [6.07, 6.45) is -0.363. The molecular weight excluding hydrogens is 438 g/mol. The molecule has 3 rings (SSSR count). The van der Waals surface area contributed by atoms with Crippen molar-refractivity contribution in [2.45, 2.75) is 45.8 Å². The average molecular weight is 474 g/mol. The number of carbonyl (C=O) groups is 1. The zero-order chi connectivity index (χ0) is 24.7. The van der Waals surface area contributed by atoms with E-state index in [1.165, 1.54) is 0 Å². The Morgan fingerprint density at radius 2 is 1.47 bits per heavy atom. The van der Waals surface area contributed by atoms with Crippen molar-refractivity contribution in [2.24, 2.45) is 0 Å². The molecule has 0 saturated carbocycles. The number of hydrogen-bond donors (Lipinski definition) is 3. The van der Waals surface area contributed by atoms with Gasteiger partial charge in [-0.2, -0.15) is 0 Å². The first-order valence-corrected chi connectivity index (χ1v) is 11.6. The van der Waals surface area contributed by atoms with Crippen LogP contribution >= 0.6 is 0 Å². The van der Waals surface area contributed by atoms with Gasteiger partial charge >= 0.3 is 0 Å².